The van der Waals surface area contributed by atoms with Crippen LogP contribution in [0.25, 0.3) is 0 Å². The van der Waals surface area contributed by atoms with Gasteiger partial charge in [0.15, 0.2) is 0 Å². The molecule has 0 unspecified atom stereocenters. The van der Waals surface area contributed by atoms with E-state index in [0.717, 1.165) is 0 Å². The first-order valence-corrected chi connectivity index (χ1v) is 6.92. The highest BCUT2D eigenvalue weighted by molar-refractivity contribution is 9.10. The molecule has 0 atom stereocenters. The number of carboxylic acid groups (broad SMARTS) is 1. The Hall–Kier alpha value is -1.40. The molecule has 5 nitrogen and oxygen atoms in total. The molecule has 6 heteroatoms. The predicted octanol–water partition coefficient (Wildman–Crippen LogP) is 2.23. The van der Waals surface area contributed by atoms with Crippen molar-refractivity contribution in [2.75, 3.05) is 11.9 Å². The van der Waals surface area contributed by atoms with Gasteiger partial charge >= 0.3 is 5.97 Å². The van der Waals surface area contributed by atoms with Crippen molar-refractivity contribution in [3.05, 3.63) is 28.2 Å². The van der Waals surface area contributed by atoms with E-state index in [0.29, 0.717) is 29.2 Å². The summed E-state index contributed by atoms with van der Waals surface area (Å²) < 4.78 is 0.566. The Balaban J connectivity index is 1.96. The molecule has 1 fully saturated rings. The van der Waals surface area contributed by atoms with Gasteiger partial charge in [0.2, 0.25) is 5.91 Å². The molecule has 0 radical (unpaired) electrons. The van der Waals surface area contributed by atoms with E-state index in [1.807, 2.05) is 0 Å². The van der Waals surface area contributed by atoms with Crippen LogP contribution in [0.2, 0.25) is 0 Å². The Morgan fingerprint density at radius 1 is 1.37 bits per heavy atom. The lowest BCUT2D eigenvalue weighted by Crippen LogP contribution is -2.24. The van der Waals surface area contributed by atoms with E-state index in [9.17, 15) is 9.59 Å². The Morgan fingerprint density at radius 3 is 2.74 bits per heavy atom. The van der Waals surface area contributed by atoms with E-state index in [1.165, 1.54) is 18.9 Å². The largest absolute Gasteiger partial charge is 0.478 e. The zero-order valence-corrected chi connectivity index (χ0v) is 11.9. The summed E-state index contributed by atoms with van der Waals surface area (Å²) in [5, 5.41) is 15.0. The molecule has 3 N–H and O–H groups in total. The van der Waals surface area contributed by atoms with Gasteiger partial charge in [0.05, 0.1) is 11.3 Å². The lowest BCUT2D eigenvalue weighted by atomic mass is 10.1. The molecular formula is C13H15BrN2O3. The molecule has 1 aliphatic rings. The number of hydrogen-bond donors (Lipinski definition) is 3. The summed E-state index contributed by atoms with van der Waals surface area (Å²) in [5.41, 5.74) is 0.393. The molecule has 1 aliphatic carbocycles. The van der Waals surface area contributed by atoms with Crippen LogP contribution in [0.4, 0.5) is 5.69 Å². The third-order valence-corrected chi connectivity index (χ3v) is 3.53. The Kier molecular flexibility index (Phi) is 4.55. The topological polar surface area (TPSA) is 78.4 Å². The minimum Gasteiger partial charge on any atom is -0.478 e. The molecular weight excluding hydrogens is 312 g/mol. The van der Waals surface area contributed by atoms with E-state index in [4.69, 9.17) is 5.11 Å². The maximum Gasteiger partial charge on any atom is 0.337 e. The number of nitrogens with one attached hydrogen (secondary N) is 2. The van der Waals surface area contributed by atoms with Gasteiger partial charge in [-0.2, -0.15) is 0 Å². The van der Waals surface area contributed by atoms with Crippen LogP contribution in [0.15, 0.2) is 22.7 Å². The van der Waals surface area contributed by atoms with Gasteiger partial charge in [0.25, 0.3) is 0 Å². The van der Waals surface area contributed by atoms with Crippen LogP contribution in [0.5, 0.6) is 0 Å². The minimum atomic E-state index is -1.06. The van der Waals surface area contributed by atoms with Crippen LogP contribution in [-0.2, 0) is 4.79 Å². The molecule has 0 spiro atoms. The molecule has 1 aromatic carbocycles. The van der Waals surface area contributed by atoms with Crippen LogP contribution in [0, 0.1) is 0 Å². The smallest absolute Gasteiger partial charge is 0.337 e. The number of carboxylic acids is 1. The summed E-state index contributed by atoms with van der Waals surface area (Å²) in [6, 6.07) is 5.35. The van der Waals surface area contributed by atoms with Crippen LogP contribution < -0.4 is 10.6 Å². The Morgan fingerprint density at radius 2 is 2.11 bits per heavy atom. The summed E-state index contributed by atoms with van der Waals surface area (Å²) in [4.78, 5) is 22.9. The fourth-order valence-electron chi connectivity index (χ4n) is 1.71. The van der Waals surface area contributed by atoms with Crippen molar-refractivity contribution < 1.29 is 14.7 Å². The molecule has 0 aromatic heterocycles. The first-order valence-electron chi connectivity index (χ1n) is 6.13. The van der Waals surface area contributed by atoms with Gasteiger partial charge in [-0.3, -0.25) is 4.79 Å². The van der Waals surface area contributed by atoms with Gasteiger partial charge < -0.3 is 15.7 Å². The monoisotopic (exact) mass is 326 g/mol. The SMILES string of the molecule is O=C(CCNC1CC1)Nc1c(Br)cccc1C(=O)O. The third-order valence-electron chi connectivity index (χ3n) is 2.87. The average Bonchev–Trinajstić information content (AvgIpc) is 3.15. The number of carbonyl (C=O) groups is 2. The highest BCUT2D eigenvalue weighted by atomic mass is 79.9. The number of amides is 1. The average molecular weight is 327 g/mol. The maximum atomic E-state index is 11.8. The molecule has 0 bridgehead atoms. The number of anilines is 1. The van der Waals surface area contributed by atoms with Crippen molar-refractivity contribution in [2.45, 2.75) is 25.3 Å². The second kappa shape index (κ2) is 6.16. The van der Waals surface area contributed by atoms with E-state index < -0.39 is 5.97 Å². The van der Waals surface area contributed by atoms with Gasteiger partial charge in [-0.1, -0.05) is 6.07 Å². The number of rotatable bonds is 6. The molecule has 1 aromatic rings. The first kappa shape index (κ1) is 14.0. The van der Waals surface area contributed by atoms with E-state index in [2.05, 4.69) is 26.6 Å². The van der Waals surface area contributed by atoms with Crippen LogP contribution in [-0.4, -0.2) is 29.6 Å². The summed E-state index contributed by atoms with van der Waals surface area (Å²) in [7, 11) is 0. The summed E-state index contributed by atoms with van der Waals surface area (Å²) in [6.45, 7) is 0.614. The third kappa shape index (κ3) is 4.04. The van der Waals surface area contributed by atoms with Crippen molar-refractivity contribution in [1.29, 1.82) is 0 Å². The number of halogens is 1. The molecule has 0 heterocycles. The molecule has 19 heavy (non-hydrogen) atoms. The van der Waals surface area contributed by atoms with Crippen LogP contribution in [0.1, 0.15) is 29.6 Å². The normalized spacial score (nSPS) is 14.2. The predicted molar refractivity (Wildman–Crippen MR) is 75.4 cm³/mol. The number of benzene rings is 1. The number of hydrogen-bond acceptors (Lipinski definition) is 3. The quantitative estimate of drug-likeness (QED) is 0.749. The molecule has 2 rings (SSSR count). The summed E-state index contributed by atoms with van der Waals surface area (Å²) >= 11 is 3.25. The number of aromatic carboxylic acids is 1. The highest BCUT2D eigenvalue weighted by Crippen LogP contribution is 2.26. The fourth-order valence-corrected chi connectivity index (χ4v) is 2.17. The summed E-state index contributed by atoms with van der Waals surface area (Å²) in [6.07, 6.45) is 2.68. The van der Waals surface area contributed by atoms with Crippen molar-refractivity contribution in [3.63, 3.8) is 0 Å². The minimum absolute atomic E-state index is 0.0814. The lowest BCUT2D eigenvalue weighted by Gasteiger charge is -2.10. The van der Waals surface area contributed by atoms with Crippen molar-refractivity contribution in [3.8, 4) is 0 Å². The highest BCUT2D eigenvalue weighted by Gasteiger charge is 2.20. The van der Waals surface area contributed by atoms with Gasteiger partial charge in [-0.25, -0.2) is 4.79 Å². The first-order chi connectivity index (χ1) is 9.08. The van der Waals surface area contributed by atoms with Crippen molar-refractivity contribution >= 4 is 33.5 Å². The lowest BCUT2D eigenvalue weighted by molar-refractivity contribution is -0.116. The second-order valence-electron chi connectivity index (χ2n) is 4.49. The Labute approximate surface area is 119 Å². The maximum absolute atomic E-state index is 11.8. The zero-order chi connectivity index (χ0) is 13.8. The van der Waals surface area contributed by atoms with Crippen molar-refractivity contribution in [1.82, 2.24) is 5.32 Å². The van der Waals surface area contributed by atoms with E-state index in [1.54, 1.807) is 12.1 Å². The standard InChI is InChI=1S/C13H15BrN2O3/c14-10-3-1-2-9(13(18)19)12(10)16-11(17)6-7-15-8-4-5-8/h1-3,8,15H,4-7H2,(H,16,17)(H,18,19). The Bertz CT molecular complexity index is 501. The van der Waals surface area contributed by atoms with Gasteiger partial charge in [0, 0.05) is 23.5 Å². The van der Waals surface area contributed by atoms with Gasteiger partial charge in [0.1, 0.15) is 0 Å². The van der Waals surface area contributed by atoms with Crippen LogP contribution in [0.3, 0.4) is 0 Å². The van der Waals surface area contributed by atoms with E-state index >= 15 is 0 Å². The molecule has 1 amide bonds. The molecule has 102 valence electrons. The number of para-hydroxylation sites is 1. The molecule has 0 saturated heterocycles. The number of carbonyl (C=O) groups excluding carboxylic acids is 1. The van der Waals surface area contributed by atoms with E-state index in [-0.39, 0.29) is 11.5 Å². The fraction of sp³-hybridized carbons (Fsp3) is 0.385. The van der Waals surface area contributed by atoms with Gasteiger partial charge in [-0.05, 0) is 40.9 Å². The van der Waals surface area contributed by atoms with Crippen molar-refractivity contribution in [2.24, 2.45) is 0 Å². The zero-order valence-electron chi connectivity index (χ0n) is 10.3. The van der Waals surface area contributed by atoms with Crippen LogP contribution >= 0.6 is 15.9 Å². The molecule has 0 aliphatic heterocycles. The molecule has 1 saturated carbocycles. The second-order valence-corrected chi connectivity index (χ2v) is 5.35. The summed E-state index contributed by atoms with van der Waals surface area (Å²) in [5.74, 6) is -1.25. The van der Waals surface area contributed by atoms with Gasteiger partial charge in [-0.15, -0.1) is 0 Å².